The first kappa shape index (κ1) is 25.2. The van der Waals surface area contributed by atoms with E-state index in [4.69, 9.17) is 4.74 Å². The highest BCUT2D eigenvalue weighted by Gasteiger charge is 2.10. The third kappa shape index (κ3) is 6.98. The lowest BCUT2D eigenvalue weighted by atomic mass is 10.2. The van der Waals surface area contributed by atoms with Crippen LogP contribution in [-0.2, 0) is 6.54 Å². The normalized spacial score (nSPS) is 10.8. The van der Waals surface area contributed by atoms with Crippen molar-refractivity contribution in [1.82, 2.24) is 25.5 Å². The van der Waals surface area contributed by atoms with Gasteiger partial charge >= 0.3 is 0 Å². The molecule has 1 heterocycles. The molecule has 0 saturated heterocycles. The number of guanidine groups is 1. The fraction of sp³-hybridized carbons (Fsp3) is 0.261. The Morgan fingerprint density at radius 3 is 2.59 bits per heavy atom. The molecule has 170 valence electrons. The zero-order valence-corrected chi connectivity index (χ0v) is 20.8. The Hall–Kier alpha value is -3.08. The maximum Gasteiger partial charge on any atom is 0.251 e. The second kappa shape index (κ2) is 12.7. The summed E-state index contributed by atoms with van der Waals surface area (Å²) in [5.74, 6) is 2.07. The van der Waals surface area contributed by atoms with Crippen molar-refractivity contribution < 1.29 is 9.53 Å². The monoisotopic (exact) mass is 548 g/mol. The molecule has 32 heavy (non-hydrogen) atoms. The summed E-state index contributed by atoms with van der Waals surface area (Å²) in [4.78, 5) is 26.4. The van der Waals surface area contributed by atoms with Gasteiger partial charge in [-0.15, -0.1) is 24.0 Å². The van der Waals surface area contributed by atoms with E-state index in [1.54, 1.807) is 38.4 Å². The van der Waals surface area contributed by atoms with Crippen molar-refractivity contribution in [2.45, 2.75) is 6.54 Å². The summed E-state index contributed by atoms with van der Waals surface area (Å²) in [6, 6.07) is 17.1. The van der Waals surface area contributed by atoms with Gasteiger partial charge in [0, 0.05) is 32.7 Å². The van der Waals surface area contributed by atoms with E-state index in [0.29, 0.717) is 36.9 Å². The Balaban J connectivity index is 0.00000363. The largest absolute Gasteiger partial charge is 0.497 e. The molecule has 3 aromatic rings. The molecule has 1 aromatic heterocycles. The number of aliphatic imine (C=N–C) groups is 1. The van der Waals surface area contributed by atoms with Crippen molar-refractivity contribution in [2.24, 2.45) is 4.99 Å². The van der Waals surface area contributed by atoms with Crippen molar-refractivity contribution in [3.8, 4) is 17.0 Å². The summed E-state index contributed by atoms with van der Waals surface area (Å²) in [5, 5.41) is 6.14. The Morgan fingerprint density at radius 2 is 1.88 bits per heavy atom. The number of nitrogens with one attached hydrogen (secondary N) is 3. The molecule has 3 N–H and O–H groups in total. The van der Waals surface area contributed by atoms with Gasteiger partial charge in [-0.05, 0) is 23.8 Å². The molecule has 9 heteroatoms. The SMILES string of the molecule is CN=C(NCCNC(=O)c1cccc(OC)c1)N(C)Cc1ncc(-c2ccccc2)[nH]1.I. The van der Waals surface area contributed by atoms with Gasteiger partial charge in [-0.1, -0.05) is 36.4 Å². The number of ether oxygens (including phenoxy) is 1. The van der Waals surface area contributed by atoms with Crippen molar-refractivity contribution in [2.75, 3.05) is 34.3 Å². The van der Waals surface area contributed by atoms with E-state index < -0.39 is 0 Å². The van der Waals surface area contributed by atoms with Gasteiger partial charge in [0.25, 0.3) is 5.91 Å². The lowest BCUT2D eigenvalue weighted by molar-refractivity contribution is 0.0954. The molecule has 3 rings (SSSR count). The van der Waals surface area contributed by atoms with E-state index >= 15 is 0 Å². The van der Waals surface area contributed by atoms with Crippen molar-refractivity contribution in [3.63, 3.8) is 0 Å². The van der Waals surface area contributed by atoms with Crippen LogP contribution >= 0.6 is 24.0 Å². The van der Waals surface area contributed by atoms with E-state index in [1.165, 1.54) is 0 Å². The van der Waals surface area contributed by atoms with Crippen LogP contribution in [0.25, 0.3) is 11.3 Å². The molecule has 0 spiro atoms. The zero-order valence-electron chi connectivity index (χ0n) is 18.5. The second-order valence-electron chi connectivity index (χ2n) is 6.93. The van der Waals surface area contributed by atoms with Gasteiger partial charge < -0.3 is 25.3 Å². The highest BCUT2D eigenvalue weighted by atomic mass is 127. The van der Waals surface area contributed by atoms with Crippen molar-refractivity contribution >= 4 is 35.8 Å². The van der Waals surface area contributed by atoms with Gasteiger partial charge in [0.15, 0.2) is 5.96 Å². The molecule has 0 bridgehead atoms. The molecule has 0 aliphatic heterocycles. The molecule has 0 unspecified atom stereocenters. The number of carbonyl (C=O) groups is 1. The fourth-order valence-electron chi connectivity index (χ4n) is 3.11. The first-order valence-corrected chi connectivity index (χ1v) is 10.0. The van der Waals surface area contributed by atoms with Gasteiger partial charge in [-0.25, -0.2) is 4.98 Å². The first-order valence-electron chi connectivity index (χ1n) is 10.0. The number of aromatic amines is 1. The number of imidazole rings is 1. The Labute approximate surface area is 205 Å². The van der Waals surface area contributed by atoms with Gasteiger partial charge in [0.2, 0.25) is 0 Å². The van der Waals surface area contributed by atoms with Crippen LogP contribution in [0, 0.1) is 0 Å². The minimum atomic E-state index is -0.145. The molecule has 0 fully saturated rings. The standard InChI is InChI=1S/C23H28N6O2.HI/c1-24-23(26-13-12-25-22(30)18-10-7-11-19(14-18)31-3)29(2)16-21-27-15-20(28-21)17-8-5-4-6-9-17;/h4-11,14-15H,12-13,16H2,1-3H3,(H,24,26)(H,25,30)(H,27,28);1H. The maximum absolute atomic E-state index is 12.3. The van der Waals surface area contributed by atoms with Crippen LogP contribution in [-0.4, -0.2) is 61.0 Å². The average Bonchev–Trinajstić information content (AvgIpc) is 3.28. The van der Waals surface area contributed by atoms with Crippen LogP contribution in [0.4, 0.5) is 0 Å². The topological polar surface area (TPSA) is 94.6 Å². The van der Waals surface area contributed by atoms with Gasteiger partial charge in [-0.2, -0.15) is 0 Å². The summed E-state index contributed by atoms with van der Waals surface area (Å²) in [7, 11) is 5.24. The fourth-order valence-corrected chi connectivity index (χ4v) is 3.11. The number of H-pyrrole nitrogens is 1. The summed E-state index contributed by atoms with van der Waals surface area (Å²) in [5.41, 5.74) is 2.64. The lowest BCUT2D eigenvalue weighted by Gasteiger charge is -2.21. The molecular weight excluding hydrogens is 519 g/mol. The minimum Gasteiger partial charge on any atom is -0.497 e. The summed E-state index contributed by atoms with van der Waals surface area (Å²) >= 11 is 0. The lowest BCUT2D eigenvalue weighted by Crippen LogP contribution is -2.42. The van der Waals surface area contributed by atoms with E-state index in [0.717, 1.165) is 17.1 Å². The Kier molecular flexibility index (Phi) is 9.99. The number of benzene rings is 2. The third-order valence-corrected chi connectivity index (χ3v) is 4.70. The molecule has 8 nitrogen and oxygen atoms in total. The Bertz CT molecular complexity index is 1020. The highest BCUT2D eigenvalue weighted by Crippen LogP contribution is 2.16. The van der Waals surface area contributed by atoms with Crippen LogP contribution in [0.2, 0.25) is 0 Å². The number of halogens is 1. The second-order valence-corrected chi connectivity index (χ2v) is 6.93. The van der Waals surface area contributed by atoms with E-state index in [1.807, 2.05) is 48.5 Å². The van der Waals surface area contributed by atoms with E-state index in [2.05, 4.69) is 25.6 Å². The summed E-state index contributed by atoms with van der Waals surface area (Å²) < 4.78 is 5.16. The van der Waals surface area contributed by atoms with Crippen LogP contribution in [0.3, 0.4) is 0 Å². The van der Waals surface area contributed by atoms with Gasteiger partial charge in [-0.3, -0.25) is 9.79 Å². The number of aromatic nitrogens is 2. The van der Waals surface area contributed by atoms with Crippen LogP contribution < -0.4 is 15.4 Å². The molecule has 0 atom stereocenters. The minimum absolute atomic E-state index is 0. The number of hydrogen-bond donors (Lipinski definition) is 3. The van der Waals surface area contributed by atoms with Crippen LogP contribution in [0.15, 0.2) is 65.8 Å². The summed E-state index contributed by atoms with van der Waals surface area (Å²) in [6.07, 6.45) is 1.84. The zero-order chi connectivity index (χ0) is 22.1. The average molecular weight is 548 g/mol. The Morgan fingerprint density at radius 1 is 1.12 bits per heavy atom. The molecule has 0 saturated carbocycles. The smallest absolute Gasteiger partial charge is 0.251 e. The number of hydrogen-bond acceptors (Lipinski definition) is 4. The van der Waals surface area contributed by atoms with Crippen molar-refractivity contribution in [3.05, 3.63) is 72.2 Å². The van der Waals surface area contributed by atoms with E-state index in [-0.39, 0.29) is 29.9 Å². The third-order valence-electron chi connectivity index (χ3n) is 4.70. The molecule has 0 aliphatic carbocycles. The van der Waals surface area contributed by atoms with Gasteiger partial charge in [0.05, 0.1) is 25.5 Å². The number of amides is 1. The maximum atomic E-state index is 12.3. The molecule has 1 amide bonds. The van der Waals surface area contributed by atoms with Crippen molar-refractivity contribution in [1.29, 1.82) is 0 Å². The van der Waals surface area contributed by atoms with Crippen LogP contribution in [0.1, 0.15) is 16.2 Å². The van der Waals surface area contributed by atoms with Gasteiger partial charge in [0.1, 0.15) is 11.6 Å². The molecule has 0 aliphatic rings. The summed E-state index contributed by atoms with van der Waals surface area (Å²) in [6.45, 7) is 1.57. The van der Waals surface area contributed by atoms with E-state index in [9.17, 15) is 4.79 Å². The molecular formula is C23H29IN6O2. The number of nitrogens with zero attached hydrogens (tertiary/aromatic N) is 3. The molecule has 2 aromatic carbocycles. The first-order chi connectivity index (χ1) is 15.1. The predicted molar refractivity (Wildman–Crippen MR) is 138 cm³/mol. The predicted octanol–water partition coefficient (Wildman–Crippen LogP) is 3.14. The number of rotatable bonds is 8. The number of carbonyl (C=O) groups excluding carboxylic acids is 1. The number of methoxy groups -OCH3 is 1. The quantitative estimate of drug-likeness (QED) is 0.174. The highest BCUT2D eigenvalue weighted by molar-refractivity contribution is 14.0. The molecule has 0 radical (unpaired) electrons. The van der Waals surface area contributed by atoms with Crippen LogP contribution in [0.5, 0.6) is 5.75 Å².